The van der Waals surface area contributed by atoms with Gasteiger partial charge < -0.3 is 10.4 Å². The number of nitrogens with zero attached hydrogens (tertiary/aromatic N) is 2. The highest BCUT2D eigenvalue weighted by atomic mass is 19.4. The molecule has 2 aromatic rings. The summed E-state index contributed by atoms with van der Waals surface area (Å²) in [4.78, 5) is 12.0. The largest absolute Gasteiger partial charge is 0.506 e. The van der Waals surface area contributed by atoms with Crippen molar-refractivity contribution in [3.63, 3.8) is 0 Å². The summed E-state index contributed by atoms with van der Waals surface area (Å²) in [5, 5.41) is 15.6. The van der Waals surface area contributed by atoms with Gasteiger partial charge in [0.05, 0.1) is 5.69 Å². The molecule has 23 heavy (non-hydrogen) atoms. The van der Waals surface area contributed by atoms with E-state index in [9.17, 15) is 23.1 Å². The maximum absolute atomic E-state index is 12.8. The second kappa shape index (κ2) is 5.60. The van der Waals surface area contributed by atoms with Crippen LogP contribution < -0.4 is 5.32 Å². The first-order valence-electron chi connectivity index (χ1n) is 7.07. The minimum Gasteiger partial charge on any atom is -0.506 e. The summed E-state index contributed by atoms with van der Waals surface area (Å²) < 4.78 is 39.5. The van der Waals surface area contributed by atoms with Gasteiger partial charge in [0.25, 0.3) is 0 Å². The van der Waals surface area contributed by atoms with Gasteiger partial charge in [-0.15, -0.1) is 0 Å². The molecule has 0 aliphatic heterocycles. The van der Waals surface area contributed by atoms with E-state index in [0.29, 0.717) is 5.69 Å². The number of benzene rings is 1. The van der Waals surface area contributed by atoms with Crippen molar-refractivity contribution >= 4 is 11.6 Å². The lowest BCUT2D eigenvalue weighted by atomic mass is 10.2. The number of amides is 1. The van der Waals surface area contributed by atoms with Crippen LogP contribution in [0.4, 0.5) is 18.9 Å². The zero-order valence-corrected chi connectivity index (χ0v) is 12.0. The second-order valence-corrected chi connectivity index (χ2v) is 5.45. The lowest BCUT2D eigenvalue weighted by Gasteiger charge is -2.09. The van der Waals surface area contributed by atoms with Crippen LogP contribution in [-0.2, 0) is 17.5 Å². The van der Waals surface area contributed by atoms with Gasteiger partial charge in [-0.2, -0.15) is 18.3 Å². The molecule has 1 aliphatic carbocycles. The molecule has 0 atom stereocenters. The number of phenols is 1. The molecule has 1 fully saturated rings. The third-order valence-corrected chi connectivity index (χ3v) is 3.57. The van der Waals surface area contributed by atoms with E-state index >= 15 is 0 Å². The molecule has 0 radical (unpaired) electrons. The number of para-hydroxylation sites is 2. The first kappa shape index (κ1) is 15.4. The Morgan fingerprint density at radius 3 is 2.65 bits per heavy atom. The molecule has 0 bridgehead atoms. The highest BCUT2D eigenvalue weighted by molar-refractivity contribution is 5.92. The molecule has 1 aromatic carbocycles. The van der Waals surface area contributed by atoms with Crippen molar-refractivity contribution in [3.8, 4) is 5.75 Å². The van der Waals surface area contributed by atoms with E-state index in [-0.39, 0.29) is 23.9 Å². The standard InChI is InChI=1S/C15H14F3N3O2/c16-15(17,18)13-7-11(9-5-6-9)21(20-13)8-14(23)19-10-3-1-2-4-12(10)22/h1-4,7,9,22H,5-6,8H2,(H,19,23). The number of halogens is 3. The number of carbonyl (C=O) groups excluding carboxylic acids is 1. The maximum atomic E-state index is 12.8. The van der Waals surface area contributed by atoms with Crippen LogP contribution in [0.2, 0.25) is 0 Å². The molecule has 8 heteroatoms. The zero-order chi connectivity index (χ0) is 16.6. The molecule has 0 unspecified atom stereocenters. The molecule has 2 N–H and O–H groups in total. The SMILES string of the molecule is O=C(Cn1nc(C(F)(F)F)cc1C1CC1)Nc1ccccc1O. The molecule has 0 spiro atoms. The third kappa shape index (κ3) is 3.46. The average molecular weight is 325 g/mol. The number of anilines is 1. The fourth-order valence-corrected chi connectivity index (χ4v) is 2.31. The van der Waals surface area contributed by atoms with Crippen LogP contribution in [0.15, 0.2) is 30.3 Å². The van der Waals surface area contributed by atoms with Crippen LogP contribution in [0, 0.1) is 0 Å². The van der Waals surface area contributed by atoms with Crippen molar-refractivity contribution in [1.29, 1.82) is 0 Å². The van der Waals surface area contributed by atoms with Crippen LogP contribution in [-0.4, -0.2) is 20.8 Å². The van der Waals surface area contributed by atoms with Crippen LogP contribution in [0.3, 0.4) is 0 Å². The molecule has 0 saturated heterocycles. The fraction of sp³-hybridized carbons (Fsp3) is 0.333. The predicted molar refractivity (Wildman–Crippen MR) is 75.9 cm³/mol. The average Bonchev–Trinajstić information content (AvgIpc) is 3.21. The van der Waals surface area contributed by atoms with Gasteiger partial charge in [-0.1, -0.05) is 12.1 Å². The Morgan fingerprint density at radius 2 is 2.04 bits per heavy atom. The second-order valence-electron chi connectivity index (χ2n) is 5.45. The van der Waals surface area contributed by atoms with Gasteiger partial charge >= 0.3 is 6.18 Å². The van der Waals surface area contributed by atoms with Gasteiger partial charge in [0.1, 0.15) is 12.3 Å². The predicted octanol–water partition coefficient (Wildman–Crippen LogP) is 3.12. The van der Waals surface area contributed by atoms with Gasteiger partial charge in [0.2, 0.25) is 5.91 Å². The molecule has 1 saturated carbocycles. The highest BCUT2D eigenvalue weighted by Crippen LogP contribution is 2.42. The van der Waals surface area contributed by atoms with Crippen molar-refractivity contribution in [1.82, 2.24) is 9.78 Å². The van der Waals surface area contributed by atoms with E-state index in [4.69, 9.17) is 0 Å². The van der Waals surface area contributed by atoms with Crippen LogP contribution in [0.25, 0.3) is 0 Å². The zero-order valence-electron chi connectivity index (χ0n) is 12.0. The molecule has 122 valence electrons. The number of alkyl halides is 3. The Balaban J connectivity index is 1.78. The van der Waals surface area contributed by atoms with Crippen molar-refractivity contribution in [2.75, 3.05) is 5.32 Å². The summed E-state index contributed by atoms with van der Waals surface area (Å²) in [6, 6.07) is 7.13. The number of aromatic hydroxyl groups is 1. The number of carbonyl (C=O) groups is 1. The molecule has 3 rings (SSSR count). The summed E-state index contributed by atoms with van der Waals surface area (Å²) in [5.74, 6) is -0.638. The molecular formula is C15H14F3N3O2. The maximum Gasteiger partial charge on any atom is 0.435 e. The number of aromatic nitrogens is 2. The van der Waals surface area contributed by atoms with Crippen molar-refractivity contribution in [3.05, 3.63) is 41.7 Å². The quantitative estimate of drug-likeness (QED) is 0.849. The van der Waals surface area contributed by atoms with Gasteiger partial charge in [-0.05, 0) is 31.0 Å². The molecule has 5 nitrogen and oxygen atoms in total. The number of hydrogen-bond donors (Lipinski definition) is 2. The van der Waals surface area contributed by atoms with E-state index in [2.05, 4.69) is 10.4 Å². The van der Waals surface area contributed by atoms with E-state index in [1.165, 1.54) is 12.1 Å². The first-order chi connectivity index (χ1) is 10.8. The summed E-state index contributed by atoms with van der Waals surface area (Å²) in [5.41, 5.74) is -0.367. The van der Waals surface area contributed by atoms with Crippen molar-refractivity contribution in [2.45, 2.75) is 31.5 Å². The van der Waals surface area contributed by atoms with E-state index in [1.807, 2.05) is 0 Å². The molecular weight excluding hydrogens is 311 g/mol. The number of hydrogen-bond acceptors (Lipinski definition) is 3. The summed E-state index contributed by atoms with van der Waals surface area (Å²) in [7, 11) is 0. The topological polar surface area (TPSA) is 67.2 Å². The van der Waals surface area contributed by atoms with Gasteiger partial charge in [0.15, 0.2) is 5.69 Å². The Labute approximate surface area is 129 Å². The van der Waals surface area contributed by atoms with Gasteiger partial charge in [-0.25, -0.2) is 0 Å². The smallest absolute Gasteiger partial charge is 0.435 e. The monoisotopic (exact) mass is 325 g/mol. The Morgan fingerprint density at radius 1 is 1.35 bits per heavy atom. The Kier molecular flexibility index (Phi) is 3.75. The molecule has 1 amide bonds. The van der Waals surface area contributed by atoms with Crippen LogP contribution in [0.5, 0.6) is 5.75 Å². The summed E-state index contributed by atoms with van der Waals surface area (Å²) >= 11 is 0. The number of phenolic OH excluding ortho intramolecular Hbond substituents is 1. The highest BCUT2D eigenvalue weighted by Gasteiger charge is 2.38. The lowest BCUT2D eigenvalue weighted by molar-refractivity contribution is -0.141. The van der Waals surface area contributed by atoms with Gasteiger partial charge in [-0.3, -0.25) is 9.48 Å². The Hall–Kier alpha value is -2.51. The van der Waals surface area contributed by atoms with E-state index in [0.717, 1.165) is 23.6 Å². The minimum atomic E-state index is -4.54. The van der Waals surface area contributed by atoms with Gasteiger partial charge in [0, 0.05) is 11.6 Å². The van der Waals surface area contributed by atoms with Crippen molar-refractivity contribution in [2.24, 2.45) is 0 Å². The number of rotatable bonds is 4. The minimum absolute atomic E-state index is 0.0246. The van der Waals surface area contributed by atoms with Crippen LogP contribution >= 0.6 is 0 Å². The molecule has 1 heterocycles. The first-order valence-corrected chi connectivity index (χ1v) is 7.07. The van der Waals surface area contributed by atoms with E-state index in [1.54, 1.807) is 12.1 Å². The molecule has 1 aromatic heterocycles. The number of nitrogens with one attached hydrogen (secondary N) is 1. The van der Waals surface area contributed by atoms with Crippen LogP contribution in [0.1, 0.15) is 30.1 Å². The third-order valence-electron chi connectivity index (χ3n) is 3.57. The molecule has 1 aliphatic rings. The summed E-state index contributed by atoms with van der Waals surface area (Å²) in [6.45, 7) is -0.337. The van der Waals surface area contributed by atoms with Crippen molar-refractivity contribution < 1.29 is 23.1 Å². The van der Waals surface area contributed by atoms with E-state index < -0.39 is 17.8 Å². The fourth-order valence-electron chi connectivity index (χ4n) is 2.31. The Bertz CT molecular complexity index is 736. The lowest BCUT2D eigenvalue weighted by Crippen LogP contribution is -2.21. The normalized spacial score (nSPS) is 14.7. The summed E-state index contributed by atoms with van der Waals surface area (Å²) in [6.07, 6.45) is -2.95.